The Morgan fingerprint density at radius 3 is 2.12 bits per heavy atom. The largest absolute Gasteiger partial charge is 0.360 e. The summed E-state index contributed by atoms with van der Waals surface area (Å²) in [7, 11) is 0. The smallest absolute Gasteiger partial charge is 0.0798 e. The van der Waals surface area contributed by atoms with Crippen molar-refractivity contribution < 1.29 is 0 Å². The van der Waals surface area contributed by atoms with Crippen LogP contribution in [0.4, 0.5) is 5.69 Å². The highest BCUT2D eigenvalue weighted by Crippen LogP contribution is 2.38. The fourth-order valence-corrected chi connectivity index (χ4v) is 3.99. The molecular formula is C25H27N. The number of para-hydroxylation sites is 1. The van der Waals surface area contributed by atoms with E-state index in [0.29, 0.717) is 0 Å². The summed E-state index contributed by atoms with van der Waals surface area (Å²) in [5.41, 5.74) is 7.15. The van der Waals surface area contributed by atoms with Crippen LogP contribution in [0.15, 0.2) is 78.9 Å². The Morgan fingerprint density at radius 1 is 0.769 bits per heavy atom. The molecule has 0 spiro atoms. The van der Waals surface area contributed by atoms with Crippen LogP contribution in [-0.4, -0.2) is 6.54 Å². The van der Waals surface area contributed by atoms with Crippen molar-refractivity contribution in [3.05, 3.63) is 101 Å². The Bertz CT molecular complexity index is 872. The monoisotopic (exact) mass is 341 g/mol. The zero-order chi connectivity index (χ0) is 18.1. The summed E-state index contributed by atoms with van der Waals surface area (Å²) in [6.45, 7) is 7.86. The van der Waals surface area contributed by atoms with E-state index in [1.54, 1.807) is 0 Å². The summed E-state index contributed by atoms with van der Waals surface area (Å²) in [6, 6.07) is 29.3. The summed E-state index contributed by atoms with van der Waals surface area (Å²) in [5, 5.41) is 0. The van der Waals surface area contributed by atoms with E-state index in [-0.39, 0.29) is 11.5 Å². The van der Waals surface area contributed by atoms with E-state index in [2.05, 4.69) is 105 Å². The lowest BCUT2D eigenvalue weighted by Gasteiger charge is -2.39. The van der Waals surface area contributed by atoms with E-state index in [1.807, 2.05) is 0 Å². The molecule has 132 valence electrons. The quantitative estimate of drug-likeness (QED) is 0.541. The molecule has 0 fully saturated rings. The molecule has 0 aromatic heterocycles. The maximum absolute atomic E-state index is 2.55. The van der Waals surface area contributed by atoms with Crippen LogP contribution in [0.2, 0.25) is 0 Å². The van der Waals surface area contributed by atoms with Gasteiger partial charge < -0.3 is 4.90 Å². The molecule has 1 nitrogen and oxygen atoms in total. The van der Waals surface area contributed by atoms with E-state index in [0.717, 1.165) is 13.0 Å². The Kier molecular flexibility index (Phi) is 4.32. The van der Waals surface area contributed by atoms with Crippen LogP contribution in [-0.2, 0) is 11.8 Å². The SMILES string of the molecule is CC(C)(C)c1ccc(C2c3ccccc3CCN2c2ccccc2)cc1. The summed E-state index contributed by atoms with van der Waals surface area (Å²) in [5.74, 6) is 0. The van der Waals surface area contributed by atoms with Crippen molar-refractivity contribution in [1.29, 1.82) is 0 Å². The lowest BCUT2D eigenvalue weighted by Crippen LogP contribution is -2.36. The first kappa shape index (κ1) is 16.9. The molecule has 1 aliphatic rings. The van der Waals surface area contributed by atoms with E-state index in [4.69, 9.17) is 0 Å². The molecule has 1 atom stereocenters. The summed E-state index contributed by atoms with van der Waals surface area (Å²) < 4.78 is 0. The highest BCUT2D eigenvalue weighted by Gasteiger charge is 2.29. The van der Waals surface area contributed by atoms with Gasteiger partial charge >= 0.3 is 0 Å². The van der Waals surface area contributed by atoms with Gasteiger partial charge in [-0.15, -0.1) is 0 Å². The van der Waals surface area contributed by atoms with Crippen LogP contribution in [0.5, 0.6) is 0 Å². The third-order valence-corrected chi connectivity index (χ3v) is 5.46. The fourth-order valence-electron chi connectivity index (χ4n) is 3.99. The number of hydrogen-bond acceptors (Lipinski definition) is 1. The first-order valence-electron chi connectivity index (χ1n) is 9.54. The third-order valence-electron chi connectivity index (χ3n) is 5.46. The second-order valence-electron chi connectivity index (χ2n) is 8.25. The van der Waals surface area contributed by atoms with Gasteiger partial charge in [-0.25, -0.2) is 0 Å². The Morgan fingerprint density at radius 2 is 1.42 bits per heavy atom. The number of anilines is 1. The van der Waals surface area contributed by atoms with Crippen molar-refractivity contribution >= 4 is 5.69 Å². The Labute approximate surface area is 157 Å². The van der Waals surface area contributed by atoms with Crippen molar-refractivity contribution in [3.8, 4) is 0 Å². The standard InChI is InChI=1S/C25H27N/c1-25(2,3)21-15-13-20(14-16-21)24-23-12-8-7-9-19(23)17-18-26(24)22-10-5-4-6-11-22/h4-16,24H,17-18H2,1-3H3. The van der Waals surface area contributed by atoms with Gasteiger partial charge in [0.2, 0.25) is 0 Å². The fraction of sp³-hybridized carbons (Fsp3) is 0.280. The maximum atomic E-state index is 2.55. The van der Waals surface area contributed by atoms with Crippen molar-refractivity contribution in [2.24, 2.45) is 0 Å². The maximum Gasteiger partial charge on any atom is 0.0798 e. The molecule has 3 aromatic rings. The number of rotatable bonds is 2. The average Bonchev–Trinajstić information content (AvgIpc) is 2.67. The lowest BCUT2D eigenvalue weighted by atomic mass is 9.84. The van der Waals surface area contributed by atoms with Crippen LogP contribution in [0.3, 0.4) is 0 Å². The van der Waals surface area contributed by atoms with Gasteiger partial charge in [0.15, 0.2) is 0 Å². The van der Waals surface area contributed by atoms with Gasteiger partial charge in [0.25, 0.3) is 0 Å². The minimum absolute atomic E-state index is 0.183. The van der Waals surface area contributed by atoms with Gasteiger partial charge in [0.05, 0.1) is 6.04 Å². The highest BCUT2D eigenvalue weighted by atomic mass is 15.2. The van der Waals surface area contributed by atoms with Gasteiger partial charge in [-0.2, -0.15) is 0 Å². The predicted molar refractivity (Wildman–Crippen MR) is 111 cm³/mol. The summed E-state index contributed by atoms with van der Waals surface area (Å²) in [6.07, 6.45) is 1.10. The topological polar surface area (TPSA) is 3.24 Å². The van der Waals surface area contributed by atoms with Crippen molar-refractivity contribution in [2.45, 2.75) is 38.6 Å². The molecule has 0 amide bonds. The lowest BCUT2D eigenvalue weighted by molar-refractivity contribution is 0.589. The summed E-state index contributed by atoms with van der Waals surface area (Å²) in [4.78, 5) is 2.55. The van der Waals surface area contributed by atoms with Crippen LogP contribution in [0, 0.1) is 0 Å². The molecule has 26 heavy (non-hydrogen) atoms. The zero-order valence-electron chi connectivity index (χ0n) is 15.9. The van der Waals surface area contributed by atoms with Crippen LogP contribution >= 0.6 is 0 Å². The molecule has 1 unspecified atom stereocenters. The van der Waals surface area contributed by atoms with Crippen LogP contribution in [0.25, 0.3) is 0 Å². The van der Waals surface area contributed by atoms with Gasteiger partial charge in [-0.1, -0.05) is 87.5 Å². The molecule has 4 rings (SSSR count). The molecule has 0 radical (unpaired) electrons. The molecule has 0 saturated carbocycles. The minimum Gasteiger partial charge on any atom is -0.360 e. The first-order valence-corrected chi connectivity index (χ1v) is 9.54. The van der Waals surface area contributed by atoms with E-state index in [9.17, 15) is 0 Å². The zero-order valence-corrected chi connectivity index (χ0v) is 15.9. The van der Waals surface area contributed by atoms with Crippen molar-refractivity contribution in [2.75, 3.05) is 11.4 Å². The number of hydrogen-bond donors (Lipinski definition) is 0. The van der Waals surface area contributed by atoms with E-state index >= 15 is 0 Å². The van der Waals surface area contributed by atoms with E-state index in [1.165, 1.54) is 27.9 Å². The molecule has 0 saturated heterocycles. The molecule has 0 aliphatic carbocycles. The second-order valence-corrected chi connectivity index (χ2v) is 8.25. The van der Waals surface area contributed by atoms with Gasteiger partial charge in [0.1, 0.15) is 0 Å². The Balaban J connectivity index is 1.80. The molecule has 0 N–H and O–H groups in total. The van der Waals surface area contributed by atoms with Crippen LogP contribution < -0.4 is 4.90 Å². The first-order chi connectivity index (χ1) is 12.5. The molecule has 1 heteroatoms. The number of benzene rings is 3. The average molecular weight is 341 g/mol. The predicted octanol–water partition coefficient (Wildman–Crippen LogP) is 6.14. The van der Waals surface area contributed by atoms with Gasteiger partial charge in [0, 0.05) is 12.2 Å². The molecular weight excluding hydrogens is 314 g/mol. The normalized spacial score (nSPS) is 17.0. The summed E-state index contributed by atoms with van der Waals surface area (Å²) >= 11 is 0. The highest BCUT2D eigenvalue weighted by molar-refractivity contribution is 5.56. The number of fused-ring (bicyclic) bond motifs is 1. The minimum atomic E-state index is 0.183. The van der Waals surface area contributed by atoms with E-state index < -0.39 is 0 Å². The number of nitrogens with zero attached hydrogens (tertiary/aromatic N) is 1. The third kappa shape index (κ3) is 3.14. The molecule has 0 bridgehead atoms. The van der Waals surface area contributed by atoms with Crippen molar-refractivity contribution in [3.63, 3.8) is 0 Å². The molecule has 1 aliphatic heterocycles. The Hall–Kier alpha value is -2.54. The van der Waals surface area contributed by atoms with Crippen molar-refractivity contribution in [1.82, 2.24) is 0 Å². The second kappa shape index (κ2) is 6.64. The van der Waals surface area contributed by atoms with Gasteiger partial charge in [-0.05, 0) is 46.2 Å². The van der Waals surface area contributed by atoms with Crippen LogP contribution in [0.1, 0.15) is 49.1 Å². The molecule has 3 aromatic carbocycles. The molecule has 1 heterocycles. The van der Waals surface area contributed by atoms with Gasteiger partial charge in [-0.3, -0.25) is 0 Å².